The first-order valence-electron chi connectivity index (χ1n) is 7.86. The van der Waals surface area contributed by atoms with Gasteiger partial charge in [-0.15, -0.1) is 0 Å². The van der Waals surface area contributed by atoms with E-state index in [9.17, 15) is 0 Å². The van der Waals surface area contributed by atoms with Gasteiger partial charge < -0.3 is 10.1 Å². The van der Waals surface area contributed by atoms with Gasteiger partial charge in [0.15, 0.2) is 5.82 Å². The van der Waals surface area contributed by atoms with Gasteiger partial charge >= 0.3 is 0 Å². The van der Waals surface area contributed by atoms with Gasteiger partial charge in [-0.25, -0.2) is 15.0 Å². The third-order valence-corrected chi connectivity index (χ3v) is 4.28. The maximum atomic E-state index is 5.79. The minimum Gasteiger partial charge on any atom is -0.370 e. The number of hydrogen-bond donors (Lipinski definition) is 2. The highest BCUT2D eigenvalue weighted by atomic mass is 16.5. The second-order valence-corrected chi connectivity index (χ2v) is 6.12. The monoisotopic (exact) mass is 300 g/mol. The molecule has 0 amide bonds. The van der Waals surface area contributed by atoms with Crippen molar-refractivity contribution in [1.82, 2.24) is 25.1 Å². The Kier molecular flexibility index (Phi) is 3.49. The first-order valence-corrected chi connectivity index (χ1v) is 7.86. The first-order chi connectivity index (χ1) is 10.8. The molecule has 116 valence electrons. The van der Waals surface area contributed by atoms with Crippen LogP contribution in [0.25, 0.3) is 0 Å². The summed E-state index contributed by atoms with van der Waals surface area (Å²) in [7, 11) is 0. The fraction of sp³-hybridized carbons (Fsp3) is 0.600. The van der Waals surface area contributed by atoms with E-state index in [-0.39, 0.29) is 6.10 Å². The molecule has 0 spiro atoms. The van der Waals surface area contributed by atoms with Crippen LogP contribution < -0.4 is 5.32 Å². The third kappa shape index (κ3) is 2.81. The highest BCUT2D eigenvalue weighted by molar-refractivity contribution is 5.37. The molecule has 2 N–H and O–H groups in total. The molecule has 0 radical (unpaired) electrons. The summed E-state index contributed by atoms with van der Waals surface area (Å²) in [5.41, 5.74) is 1.02. The lowest BCUT2D eigenvalue weighted by molar-refractivity contribution is 0.0864. The second kappa shape index (κ2) is 5.64. The van der Waals surface area contributed by atoms with E-state index in [1.54, 1.807) is 0 Å². The van der Waals surface area contributed by atoms with Crippen molar-refractivity contribution < 1.29 is 4.74 Å². The molecule has 2 aliphatic rings. The number of anilines is 1. The van der Waals surface area contributed by atoms with Crippen LogP contribution in [0.15, 0.2) is 12.4 Å². The molecular formula is C15H20N6O. The molecule has 7 heteroatoms. The van der Waals surface area contributed by atoms with Crippen molar-refractivity contribution in [1.29, 1.82) is 0 Å². The molecule has 1 saturated carbocycles. The number of rotatable bonds is 5. The van der Waals surface area contributed by atoms with E-state index in [2.05, 4.69) is 30.5 Å². The lowest BCUT2D eigenvalue weighted by Crippen LogP contribution is -2.19. The van der Waals surface area contributed by atoms with E-state index in [0.29, 0.717) is 11.8 Å². The van der Waals surface area contributed by atoms with E-state index >= 15 is 0 Å². The Balaban J connectivity index is 1.43. The fourth-order valence-corrected chi connectivity index (χ4v) is 2.94. The summed E-state index contributed by atoms with van der Waals surface area (Å²) in [6.45, 7) is 3.59. The number of nitrogens with one attached hydrogen (secondary N) is 2. The Morgan fingerprint density at radius 1 is 1.32 bits per heavy atom. The zero-order chi connectivity index (χ0) is 14.9. The number of nitrogens with zero attached hydrogens (tertiary/aromatic N) is 4. The number of aryl methyl sites for hydroxylation is 1. The van der Waals surface area contributed by atoms with E-state index in [1.165, 1.54) is 19.2 Å². The van der Waals surface area contributed by atoms with Crippen molar-refractivity contribution in [2.45, 2.75) is 38.2 Å². The van der Waals surface area contributed by atoms with Gasteiger partial charge in [0.1, 0.15) is 24.1 Å². The molecule has 4 rings (SSSR count). The maximum Gasteiger partial charge on any atom is 0.153 e. The number of ether oxygens (including phenoxy) is 1. The SMILES string of the molecule is Cc1cc(NC[C@@H]2CCO[C@@H]2c2ncn[nH]2)nc(C2CC2)n1. The topological polar surface area (TPSA) is 88.6 Å². The van der Waals surface area contributed by atoms with Crippen LogP contribution in [0, 0.1) is 12.8 Å². The Hall–Kier alpha value is -2.02. The van der Waals surface area contributed by atoms with Gasteiger partial charge in [0, 0.05) is 36.7 Å². The normalized spacial score (nSPS) is 24.6. The summed E-state index contributed by atoms with van der Waals surface area (Å²) in [5.74, 6) is 3.64. The zero-order valence-corrected chi connectivity index (χ0v) is 12.6. The second-order valence-electron chi connectivity index (χ2n) is 6.12. The lowest BCUT2D eigenvalue weighted by atomic mass is 10.0. The van der Waals surface area contributed by atoms with E-state index in [4.69, 9.17) is 4.74 Å². The predicted molar refractivity (Wildman–Crippen MR) is 80.4 cm³/mol. The van der Waals surface area contributed by atoms with Crippen molar-refractivity contribution in [3.8, 4) is 0 Å². The highest BCUT2D eigenvalue weighted by Gasteiger charge is 2.32. The molecule has 0 unspecified atom stereocenters. The van der Waals surface area contributed by atoms with Crippen LogP contribution >= 0.6 is 0 Å². The average molecular weight is 300 g/mol. The van der Waals surface area contributed by atoms with Crippen LogP contribution in [-0.4, -0.2) is 38.3 Å². The molecule has 2 fully saturated rings. The molecule has 3 heterocycles. The van der Waals surface area contributed by atoms with Crippen molar-refractivity contribution in [3.05, 3.63) is 29.7 Å². The molecule has 1 aliphatic heterocycles. The summed E-state index contributed by atoms with van der Waals surface area (Å²) in [6.07, 6.45) is 4.95. The van der Waals surface area contributed by atoms with Gasteiger partial charge in [-0.3, -0.25) is 5.10 Å². The summed E-state index contributed by atoms with van der Waals surface area (Å²) in [5, 5.41) is 10.3. The van der Waals surface area contributed by atoms with Crippen molar-refractivity contribution in [2.24, 2.45) is 5.92 Å². The third-order valence-electron chi connectivity index (χ3n) is 4.28. The lowest BCUT2D eigenvalue weighted by Gasteiger charge is -2.17. The molecule has 0 bridgehead atoms. The smallest absolute Gasteiger partial charge is 0.153 e. The van der Waals surface area contributed by atoms with Gasteiger partial charge in [0.05, 0.1) is 0 Å². The molecule has 22 heavy (non-hydrogen) atoms. The van der Waals surface area contributed by atoms with Gasteiger partial charge in [0.25, 0.3) is 0 Å². The summed E-state index contributed by atoms with van der Waals surface area (Å²) >= 11 is 0. The van der Waals surface area contributed by atoms with Gasteiger partial charge in [0.2, 0.25) is 0 Å². The molecule has 2 aromatic rings. The molecule has 1 aliphatic carbocycles. The van der Waals surface area contributed by atoms with E-state index < -0.39 is 0 Å². The first kappa shape index (κ1) is 13.6. The Morgan fingerprint density at radius 3 is 3.00 bits per heavy atom. The van der Waals surface area contributed by atoms with Crippen molar-refractivity contribution >= 4 is 5.82 Å². The molecule has 2 atom stereocenters. The van der Waals surface area contributed by atoms with Gasteiger partial charge in [-0.2, -0.15) is 5.10 Å². The predicted octanol–water partition coefficient (Wildman–Crippen LogP) is 1.97. The molecule has 1 saturated heterocycles. The van der Waals surface area contributed by atoms with Gasteiger partial charge in [-0.05, 0) is 26.2 Å². The minimum absolute atomic E-state index is 0.0131. The highest BCUT2D eigenvalue weighted by Crippen LogP contribution is 2.38. The van der Waals surface area contributed by atoms with Crippen molar-refractivity contribution in [3.63, 3.8) is 0 Å². The van der Waals surface area contributed by atoms with E-state index in [0.717, 1.165) is 42.7 Å². The van der Waals surface area contributed by atoms with Crippen molar-refractivity contribution in [2.75, 3.05) is 18.5 Å². The Bertz CT molecular complexity index is 639. The van der Waals surface area contributed by atoms with Crippen LogP contribution in [-0.2, 0) is 4.74 Å². The van der Waals surface area contributed by atoms with Gasteiger partial charge in [-0.1, -0.05) is 0 Å². The number of hydrogen-bond acceptors (Lipinski definition) is 6. The van der Waals surface area contributed by atoms with Crippen LogP contribution in [0.2, 0.25) is 0 Å². The van der Waals surface area contributed by atoms with E-state index in [1.807, 2.05) is 13.0 Å². The maximum absolute atomic E-state index is 5.79. The van der Waals surface area contributed by atoms with Crippen LogP contribution in [0.3, 0.4) is 0 Å². The number of aromatic nitrogens is 5. The number of aromatic amines is 1. The Morgan fingerprint density at radius 2 is 2.23 bits per heavy atom. The molecule has 7 nitrogen and oxygen atoms in total. The molecular weight excluding hydrogens is 280 g/mol. The van der Waals surface area contributed by atoms with Crippen LogP contribution in [0.4, 0.5) is 5.82 Å². The Labute approximate surface area is 128 Å². The van der Waals surface area contributed by atoms with Crippen LogP contribution in [0.5, 0.6) is 0 Å². The largest absolute Gasteiger partial charge is 0.370 e. The fourth-order valence-electron chi connectivity index (χ4n) is 2.94. The zero-order valence-electron chi connectivity index (χ0n) is 12.6. The molecule has 2 aromatic heterocycles. The average Bonchev–Trinajstić information content (AvgIpc) is 3.03. The summed E-state index contributed by atoms with van der Waals surface area (Å²) < 4.78 is 5.79. The standard InChI is InChI=1S/C15H20N6O/c1-9-6-12(20-14(19-9)10-2-3-10)16-7-11-4-5-22-13(11)15-17-8-18-21-15/h6,8,10-11,13H,2-5,7H2,1H3,(H,16,19,20)(H,17,18,21)/t11-,13-/m0/s1. The minimum atomic E-state index is -0.0131. The number of H-pyrrole nitrogens is 1. The quantitative estimate of drug-likeness (QED) is 0.877. The summed E-state index contributed by atoms with van der Waals surface area (Å²) in [6, 6.07) is 2.01. The van der Waals surface area contributed by atoms with Crippen LogP contribution in [0.1, 0.15) is 48.6 Å². The summed E-state index contributed by atoms with van der Waals surface area (Å²) in [4.78, 5) is 13.4. The molecule has 0 aromatic carbocycles.